The van der Waals surface area contributed by atoms with Crippen molar-refractivity contribution in [2.24, 2.45) is 11.7 Å². The third kappa shape index (κ3) is 7.51. The molecule has 0 heterocycles. The number of benzene rings is 2. The average Bonchev–Trinajstić information content (AvgIpc) is 3.30. The summed E-state index contributed by atoms with van der Waals surface area (Å²) in [5.74, 6) is -1.59. The standard InChI is InChI=1S/C25H30ClF2N3O2/c26-23-8-7-22(30-24(32)9-6-17-4-1-2-5-17)14-19(23)16-31(11-3-10-29)25(33)18-12-20(27)15-21(28)13-18/h7-8,12-15,17H,1-6,9-11,16,29H2,(H,30,32). The van der Waals surface area contributed by atoms with E-state index in [2.05, 4.69) is 5.32 Å². The van der Waals surface area contributed by atoms with Crippen molar-refractivity contribution in [2.75, 3.05) is 18.4 Å². The predicted octanol–water partition coefficient (Wildman–Crippen LogP) is 5.52. The van der Waals surface area contributed by atoms with Gasteiger partial charge in [-0.15, -0.1) is 0 Å². The zero-order valence-corrected chi connectivity index (χ0v) is 19.3. The molecule has 2 aromatic rings. The average molecular weight is 478 g/mol. The lowest BCUT2D eigenvalue weighted by Gasteiger charge is -2.24. The highest BCUT2D eigenvalue weighted by molar-refractivity contribution is 6.31. The lowest BCUT2D eigenvalue weighted by atomic mass is 10.0. The number of hydrogen-bond acceptors (Lipinski definition) is 3. The van der Waals surface area contributed by atoms with Crippen LogP contribution in [0.25, 0.3) is 0 Å². The highest BCUT2D eigenvalue weighted by atomic mass is 35.5. The lowest BCUT2D eigenvalue weighted by Crippen LogP contribution is -2.33. The molecule has 3 rings (SSSR count). The first kappa shape index (κ1) is 25.1. The highest BCUT2D eigenvalue weighted by Gasteiger charge is 2.20. The molecule has 3 N–H and O–H groups in total. The Bertz CT molecular complexity index is 960. The van der Waals surface area contributed by atoms with Gasteiger partial charge < -0.3 is 16.0 Å². The van der Waals surface area contributed by atoms with Crippen molar-refractivity contribution in [3.05, 3.63) is 64.2 Å². The number of amides is 2. The van der Waals surface area contributed by atoms with Crippen molar-refractivity contribution in [1.82, 2.24) is 4.90 Å². The van der Waals surface area contributed by atoms with Gasteiger partial charge in [0.1, 0.15) is 11.6 Å². The van der Waals surface area contributed by atoms with Gasteiger partial charge in [0.15, 0.2) is 0 Å². The molecule has 2 amide bonds. The summed E-state index contributed by atoms with van der Waals surface area (Å²) >= 11 is 6.36. The summed E-state index contributed by atoms with van der Waals surface area (Å²) < 4.78 is 27.3. The number of halogens is 3. The minimum Gasteiger partial charge on any atom is -0.334 e. The molecule has 0 radical (unpaired) electrons. The second kappa shape index (κ2) is 12.1. The number of rotatable bonds is 10. The van der Waals surface area contributed by atoms with Gasteiger partial charge >= 0.3 is 0 Å². The second-order valence-electron chi connectivity index (χ2n) is 8.57. The van der Waals surface area contributed by atoms with E-state index in [1.165, 1.54) is 30.6 Å². The molecule has 0 saturated heterocycles. The molecule has 8 heteroatoms. The van der Waals surface area contributed by atoms with Gasteiger partial charge in [0.05, 0.1) is 0 Å². The fourth-order valence-electron chi connectivity index (χ4n) is 4.23. The molecule has 5 nitrogen and oxygen atoms in total. The van der Waals surface area contributed by atoms with Gasteiger partial charge in [0.2, 0.25) is 5.91 Å². The van der Waals surface area contributed by atoms with E-state index in [-0.39, 0.29) is 18.0 Å². The van der Waals surface area contributed by atoms with Crippen molar-refractivity contribution >= 4 is 29.1 Å². The van der Waals surface area contributed by atoms with Crippen LogP contribution in [-0.4, -0.2) is 29.8 Å². The number of nitrogens with zero attached hydrogens (tertiary/aromatic N) is 1. The second-order valence-corrected chi connectivity index (χ2v) is 8.98. The highest BCUT2D eigenvalue weighted by Crippen LogP contribution is 2.29. The van der Waals surface area contributed by atoms with E-state index < -0.39 is 17.5 Å². The first-order valence-electron chi connectivity index (χ1n) is 11.4. The first-order chi connectivity index (χ1) is 15.9. The van der Waals surface area contributed by atoms with Gasteiger partial charge in [-0.25, -0.2) is 8.78 Å². The van der Waals surface area contributed by atoms with Crippen LogP contribution in [0.4, 0.5) is 14.5 Å². The number of nitrogens with one attached hydrogen (secondary N) is 1. The van der Waals surface area contributed by atoms with Crippen LogP contribution in [-0.2, 0) is 11.3 Å². The number of carbonyl (C=O) groups excluding carboxylic acids is 2. The van der Waals surface area contributed by atoms with E-state index >= 15 is 0 Å². The molecule has 0 unspecified atom stereocenters. The van der Waals surface area contributed by atoms with Crippen molar-refractivity contribution in [1.29, 1.82) is 0 Å². The van der Waals surface area contributed by atoms with Crippen LogP contribution in [0.5, 0.6) is 0 Å². The molecule has 2 aromatic carbocycles. The van der Waals surface area contributed by atoms with Crippen LogP contribution in [0.3, 0.4) is 0 Å². The van der Waals surface area contributed by atoms with Crippen molar-refractivity contribution in [3.63, 3.8) is 0 Å². The normalized spacial score (nSPS) is 13.8. The Hall–Kier alpha value is -2.51. The third-order valence-electron chi connectivity index (χ3n) is 5.97. The molecule has 0 spiro atoms. The molecule has 0 aromatic heterocycles. The molecule has 178 valence electrons. The number of hydrogen-bond donors (Lipinski definition) is 2. The summed E-state index contributed by atoms with van der Waals surface area (Å²) in [4.78, 5) is 26.8. The fraction of sp³-hybridized carbons (Fsp3) is 0.440. The third-order valence-corrected chi connectivity index (χ3v) is 6.34. The Balaban J connectivity index is 1.71. The molecule has 0 aliphatic heterocycles. The summed E-state index contributed by atoms with van der Waals surface area (Å²) in [6.45, 7) is 0.759. The molecule has 0 bridgehead atoms. The molecule has 1 fully saturated rings. The fourth-order valence-corrected chi connectivity index (χ4v) is 4.41. The van der Waals surface area contributed by atoms with Crippen LogP contribution in [0, 0.1) is 17.6 Å². The summed E-state index contributed by atoms with van der Waals surface area (Å²) in [6.07, 6.45) is 6.74. The minimum absolute atomic E-state index is 0.0542. The van der Waals surface area contributed by atoms with E-state index in [9.17, 15) is 18.4 Å². The SMILES string of the molecule is NCCCN(Cc1cc(NC(=O)CCC2CCCC2)ccc1Cl)C(=O)c1cc(F)cc(F)c1. The smallest absolute Gasteiger partial charge is 0.254 e. The Morgan fingerprint density at radius 3 is 2.45 bits per heavy atom. The topological polar surface area (TPSA) is 75.4 Å². The summed E-state index contributed by atoms with van der Waals surface area (Å²) in [6, 6.07) is 7.83. The summed E-state index contributed by atoms with van der Waals surface area (Å²) in [5, 5.41) is 3.33. The molecule has 0 atom stereocenters. The van der Waals surface area contributed by atoms with E-state index in [1.807, 2.05) is 0 Å². The minimum atomic E-state index is -0.822. The van der Waals surface area contributed by atoms with Gasteiger partial charge in [-0.1, -0.05) is 37.3 Å². The number of carbonyl (C=O) groups is 2. The lowest BCUT2D eigenvalue weighted by molar-refractivity contribution is -0.116. The Kier molecular flexibility index (Phi) is 9.21. The Labute approximate surface area is 198 Å². The Morgan fingerprint density at radius 2 is 1.79 bits per heavy atom. The van der Waals surface area contributed by atoms with Crippen LogP contribution in [0.1, 0.15) is 60.9 Å². The van der Waals surface area contributed by atoms with Gasteiger partial charge in [0, 0.05) is 41.9 Å². The van der Waals surface area contributed by atoms with Gasteiger partial charge in [-0.2, -0.15) is 0 Å². The molecular formula is C25H30ClF2N3O2. The largest absolute Gasteiger partial charge is 0.334 e. The van der Waals surface area contributed by atoms with Crippen molar-refractivity contribution in [3.8, 4) is 0 Å². The summed E-state index contributed by atoms with van der Waals surface area (Å²) in [7, 11) is 0. The van der Waals surface area contributed by atoms with Crippen LogP contribution >= 0.6 is 11.6 Å². The monoisotopic (exact) mass is 477 g/mol. The molecule has 1 saturated carbocycles. The maximum atomic E-state index is 13.6. The van der Waals surface area contributed by atoms with E-state index in [0.29, 0.717) is 48.1 Å². The van der Waals surface area contributed by atoms with Crippen LogP contribution in [0.2, 0.25) is 5.02 Å². The first-order valence-corrected chi connectivity index (χ1v) is 11.8. The van der Waals surface area contributed by atoms with E-state index in [0.717, 1.165) is 24.6 Å². The Morgan fingerprint density at radius 1 is 1.09 bits per heavy atom. The maximum Gasteiger partial charge on any atom is 0.254 e. The van der Waals surface area contributed by atoms with Crippen LogP contribution < -0.4 is 11.1 Å². The molecular weight excluding hydrogens is 448 g/mol. The molecule has 33 heavy (non-hydrogen) atoms. The quantitative estimate of drug-likeness (QED) is 0.473. The van der Waals surface area contributed by atoms with Crippen molar-refractivity contribution < 1.29 is 18.4 Å². The van der Waals surface area contributed by atoms with Crippen LogP contribution in [0.15, 0.2) is 36.4 Å². The number of nitrogens with two attached hydrogens (primary N) is 1. The van der Waals surface area contributed by atoms with E-state index in [1.54, 1.807) is 18.2 Å². The van der Waals surface area contributed by atoms with Crippen molar-refractivity contribution in [2.45, 2.75) is 51.5 Å². The maximum absolute atomic E-state index is 13.6. The van der Waals surface area contributed by atoms with Gasteiger partial charge in [-0.3, -0.25) is 9.59 Å². The zero-order valence-electron chi connectivity index (χ0n) is 18.6. The zero-order chi connectivity index (χ0) is 23.8. The number of anilines is 1. The predicted molar refractivity (Wildman–Crippen MR) is 126 cm³/mol. The van der Waals surface area contributed by atoms with Gasteiger partial charge in [-0.05, 0) is 61.2 Å². The molecule has 1 aliphatic rings. The van der Waals surface area contributed by atoms with Gasteiger partial charge in [0.25, 0.3) is 5.91 Å². The summed E-state index contributed by atoms with van der Waals surface area (Å²) in [5.41, 5.74) is 6.73. The van der Waals surface area contributed by atoms with E-state index in [4.69, 9.17) is 17.3 Å². The molecule has 1 aliphatic carbocycles.